The van der Waals surface area contributed by atoms with Crippen molar-refractivity contribution in [1.82, 2.24) is 10.2 Å². The van der Waals surface area contributed by atoms with Crippen molar-refractivity contribution < 1.29 is 14.3 Å². The van der Waals surface area contributed by atoms with Crippen molar-refractivity contribution in [2.75, 3.05) is 32.1 Å². The average molecular weight is 373 g/mol. The molecule has 6 heteroatoms. The maximum atomic E-state index is 12.4. The summed E-state index contributed by atoms with van der Waals surface area (Å²) < 4.78 is 5.12. The molecular formula is C21H31N3O3. The number of urea groups is 1. The monoisotopic (exact) mass is 373 g/mol. The van der Waals surface area contributed by atoms with Gasteiger partial charge in [-0.3, -0.25) is 4.79 Å². The first-order valence-electron chi connectivity index (χ1n) is 10.1. The number of hydrogen-bond donors (Lipinski definition) is 2. The Kier molecular flexibility index (Phi) is 6.96. The Labute approximate surface area is 161 Å². The fourth-order valence-electron chi connectivity index (χ4n) is 4.00. The first-order chi connectivity index (χ1) is 13.2. The van der Waals surface area contributed by atoms with Crippen molar-refractivity contribution in [3.63, 3.8) is 0 Å². The number of piperidine rings is 1. The lowest BCUT2D eigenvalue weighted by Crippen LogP contribution is -2.45. The van der Waals surface area contributed by atoms with Crippen LogP contribution in [0.3, 0.4) is 0 Å². The van der Waals surface area contributed by atoms with Crippen molar-refractivity contribution in [2.45, 2.75) is 44.9 Å². The number of anilines is 1. The van der Waals surface area contributed by atoms with Gasteiger partial charge in [0.25, 0.3) is 0 Å². The number of nitrogens with one attached hydrogen (secondary N) is 2. The predicted octanol–water partition coefficient (Wildman–Crippen LogP) is 3.64. The van der Waals surface area contributed by atoms with Crippen molar-refractivity contribution >= 4 is 17.6 Å². The molecule has 2 aliphatic rings. The largest absolute Gasteiger partial charge is 0.497 e. The molecule has 2 N–H and O–H groups in total. The van der Waals surface area contributed by atoms with Crippen LogP contribution in [-0.4, -0.2) is 43.6 Å². The summed E-state index contributed by atoms with van der Waals surface area (Å²) in [7, 11) is 1.61. The van der Waals surface area contributed by atoms with E-state index >= 15 is 0 Å². The zero-order valence-electron chi connectivity index (χ0n) is 16.2. The standard InChI is InChI=1S/C21H31N3O3/c1-27-19-9-7-18(8-10-19)23-21(26)24-13-11-17(12-14-24)20(25)22-15-16-5-3-2-4-6-16/h7-10,16-17H,2-6,11-15H2,1H3,(H,22,25)(H,23,26). The van der Waals surface area contributed by atoms with Gasteiger partial charge < -0.3 is 20.3 Å². The Morgan fingerprint density at radius 2 is 1.70 bits per heavy atom. The highest BCUT2D eigenvalue weighted by atomic mass is 16.5. The Bertz CT molecular complexity index is 618. The minimum absolute atomic E-state index is 0.0265. The normalized spacial score (nSPS) is 18.8. The van der Waals surface area contributed by atoms with E-state index in [4.69, 9.17) is 4.74 Å². The third-order valence-corrected chi connectivity index (χ3v) is 5.78. The average Bonchev–Trinajstić information content (AvgIpc) is 2.73. The fraction of sp³-hybridized carbons (Fsp3) is 0.619. The number of hydrogen-bond acceptors (Lipinski definition) is 3. The van der Waals surface area contributed by atoms with Gasteiger partial charge in [0.2, 0.25) is 5.91 Å². The van der Waals surface area contributed by atoms with E-state index in [0.717, 1.165) is 30.8 Å². The highest BCUT2D eigenvalue weighted by Crippen LogP contribution is 2.24. The summed E-state index contributed by atoms with van der Waals surface area (Å²) in [5.41, 5.74) is 0.744. The molecule has 2 fully saturated rings. The maximum Gasteiger partial charge on any atom is 0.321 e. The summed E-state index contributed by atoms with van der Waals surface area (Å²) in [6.45, 7) is 2.05. The van der Waals surface area contributed by atoms with E-state index in [-0.39, 0.29) is 17.9 Å². The van der Waals surface area contributed by atoms with Crippen molar-refractivity contribution in [3.05, 3.63) is 24.3 Å². The van der Waals surface area contributed by atoms with Crippen LogP contribution in [0.4, 0.5) is 10.5 Å². The van der Waals surface area contributed by atoms with Gasteiger partial charge in [-0.2, -0.15) is 0 Å². The van der Waals surface area contributed by atoms with Crippen molar-refractivity contribution in [1.29, 1.82) is 0 Å². The minimum Gasteiger partial charge on any atom is -0.497 e. The first-order valence-corrected chi connectivity index (χ1v) is 10.1. The summed E-state index contributed by atoms with van der Waals surface area (Å²) in [6.07, 6.45) is 7.86. The molecule has 0 spiro atoms. The number of likely N-dealkylation sites (tertiary alicyclic amines) is 1. The van der Waals surface area contributed by atoms with Crippen LogP contribution in [-0.2, 0) is 4.79 Å². The van der Waals surface area contributed by atoms with Gasteiger partial charge in [-0.1, -0.05) is 19.3 Å². The van der Waals surface area contributed by atoms with E-state index in [1.54, 1.807) is 12.0 Å². The molecule has 0 bridgehead atoms. The topological polar surface area (TPSA) is 70.7 Å². The molecule has 6 nitrogen and oxygen atoms in total. The Hall–Kier alpha value is -2.24. The van der Waals surface area contributed by atoms with Gasteiger partial charge in [0.15, 0.2) is 0 Å². The molecule has 3 rings (SSSR count). The molecule has 1 heterocycles. The minimum atomic E-state index is -0.110. The van der Waals surface area contributed by atoms with E-state index in [1.165, 1.54) is 32.1 Å². The maximum absolute atomic E-state index is 12.4. The molecule has 1 saturated heterocycles. The van der Waals surface area contributed by atoms with Crippen LogP contribution >= 0.6 is 0 Å². The van der Waals surface area contributed by atoms with Crippen LogP contribution < -0.4 is 15.4 Å². The Morgan fingerprint density at radius 3 is 2.33 bits per heavy atom. The summed E-state index contributed by atoms with van der Waals surface area (Å²) in [5, 5.41) is 6.05. The third kappa shape index (κ3) is 5.62. The zero-order chi connectivity index (χ0) is 19.1. The number of methoxy groups -OCH3 is 1. The van der Waals surface area contributed by atoms with E-state index in [1.807, 2.05) is 24.3 Å². The zero-order valence-corrected chi connectivity index (χ0v) is 16.2. The number of amides is 3. The van der Waals surface area contributed by atoms with Crippen LogP contribution in [0.2, 0.25) is 0 Å². The molecule has 1 saturated carbocycles. The van der Waals surface area contributed by atoms with E-state index in [9.17, 15) is 9.59 Å². The van der Waals surface area contributed by atoms with Gasteiger partial charge in [-0.05, 0) is 55.9 Å². The second-order valence-corrected chi connectivity index (χ2v) is 7.67. The van der Waals surface area contributed by atoms with Crippen molar-refractivity contribution in [2.24, 2.45) is 11.8 Å². The molecular weight excluding hydrogens is 342 g/mol. The first kappa shape index (κ1) is 19.5. The molecule has 1 aromatic rings. The summed E-state index contributed by atoms with van der Waals surface area (Å²) in [4.78, 5) is 26.6. The van der Waals surface area contributed by atoms with Crippen LogP contribution in [0.5, 0.6) is 5.75 Å². The number of ether oxygens (including phenoxy) is 1. The van der Waals surface area contributed by atoms with Gasteiger partial charge in [0.1, 0.15) is 5.75 Å². The second kappa shape index (κ2) is 9.62. The number of benzene rings is 1. The smallest absolute Gasteiger partial charge is 0.321 e. The van der Waals surface area contributed by atoms with Gasteiger partial charge >= 0.3 is 6.03 Å². The van der Waals surface area contributed by atoms with E-state index in [2.05, 4.69) is 10.6 Å². The third-order valence-electron chi connectivity index (χ3n) is 5.78. The molecule has 1 aliphatic carbocycles. The van der Waals surface area contributed by atoms with E-state index < -0.39 is 0 Å². The quantitative estimate of drug-likeness (QED) is 0.828. The number of nitrogens with zero attached hydrogens (tertiary/aromatic N) is 1. The highest BCUT2D eigenvalue weighted by molar-refractivity contribution is 5.89. The number of carbonyl (C=O) groups excluding carboxylic acids is 2. The molecule has 0 unspecified atom stereocenters. The second-order valence-electron chi connectivity index (χ2n) is 7.67. The Morgan fingerprint density at radius 1 is 1.04 bits per heavy atom. The lowest BCUT2D eigenvalue weighted by molar-refractivity contribution is -0.126. The predicted molar refractivity (Wildman–Crippen MR) is 106 cm³/mol. The van der Waals surface area contributed by atoms with E-state index in [0.29, 0.717) is 19.0 Å². The van der Waals surface area contributed by atoms with Crippen LogP contribution in [0.25, 0.3) is 0 Å². The lowest BCUT2D eigenvalue weighted by atomic mass is 9.89. The molecule has 27 heavy (non-hydrogen) atoms. The fourth-order valence-corrected chi connectivity index (χ4v) is 4.00. The summed E-state index contributed by atoms with van der Waals surface area (Å²) in [6, 6.07) is 7.17. The molecule has 0 radical (unpaired) electrons. The number of carbonyl (C=O) groups is 2. The Balaban J connectivity index is 1.39. The van der Waals surface area contributed by atoms with Gasteiger partial charge in [0.05, 0.1) is 7.11 Å². The van der Waals surface area contributed by atoms with Gasteiger partial charge in [0, 0.05) is 31.2 Å². The lowest BCUT2D eigenvalue weighted by Gasteiger charge is -2.32. The van der Waals surface area contributed by atoms with Gasteiger partial charge in [-0.15, -0.1) is 0 Å². The SMILES string of the molecule is COc1ccc(NC(=O)N2CCC(C(=O)NCC3CCCCC3)CC2)cc1. The highest BCUT2D eigenvalue weighted by Gasteiger charge is 2.27. The molecule has 1 aliphatic heterocycles. The van der Waals surface area contributed by atoms with Crippen LogP contribution in [0.15, 0.2) is 24.3 Å². The summed E-state index contributed by atoms with van der Waals surface area (Å²) in [5.74, 6) is 1.60. The molecule has 3 amide bonds. The van der Waals surface area contributed by atoms with Crippen LogP contribution in [0, 0.1) is 11.8 Å². The molecule has 0 atom stereocenters. The molecule has 0 aromatic heterocycles. The number of rotatable bonds is 5. The molecule has 148 valence electrons. The summed E-state index contributed by atoms with van der Waals surface area (Å²) >= 11 is 0. The van der Waals surface area contributed by atoms with Crippen molar-refractivity contribution in [3.8, 4) is 5.75 Å². The van der Waals surface area contributed by atoms with Gasteiger partial charge in [-0.25, -0.2) is 4.79 Å². The molecule has 1 aromatic carbocycles. The van der Waals surface area contributed by atoms with Crippen LogP contribution in [0.1, 0.15) is 44.9 Å².